The van der Waals surface area contributed by atoms with Crippen molar-refractivity contribution in [2.45, 2.75) is 29.9 Å². The zero-order valence-electron chi connectivity index (χ0n) is 24.0. The second-order valence-electron chi connectivity index (χ2n) is 10.6. The smallest absolute Gasteiger partial charge is 0.282 e. The van der Waals surface area contributed by atoms with Crippen molar-refractivity contribution in [3.05, 3.63) is 108 Å². The molecule has 3 heterocycles. The van der Waals surface area contributed by atoms with Gasteiger partial charge in [-0.05, 0) is 72.0 Å². The fourth-order valence-electron chi connectivity index (χ4n) is 5.41. The van der Waals surface area contributed by atoms with Gasteiger partial charge in [0.1, 0.15) is 23.3 Å². The standard InChI is InChI=1S/C33H32N4O6S/c1-42-24-10-12-26(13-11-24)44(40,41)37-33(39)32-28-6-2-5-27(28)29(19-36-32)21-8-14-31-22(16-21)7-9-25(43-31)18-35-20-30(38)23-4-3-15-34-17-23/h2-6,8,10-17,19,25,30,35-36,38H,7,9,18,20H2,1H3,(H,37,39)/t25-,30+/m1/s1. The van der Waals surface area contributed by atoms with E-state index in [4.69, 9.17) is 9.47 Å². The first-order valence-corrected chi connectivity index (χ1v) is 15.7. The molecule has 2 aromatic carbocycles. The Hall–Kier alpha value is -4.71. The summed E-state index contributed by atoms with van der Waals surface area (Å²) in [5.41, 5.74) is 5.27. The normalized spacial score (nSPS) is 15.3. The molecule has 2 aliphatic heterocycles. The molecule has 0 bridgehead atoms. The van der Waals surface area contributed by atoms with Crippen LogP contribution < -0.4 is 19.5 Å². The van der Waals surface area contributed by atoms with Crippen LogP contribution in [0.1, 0.15) is 34.1 Å². The number of methoxy groups -OCH3 is 1. The zero-order chi connectivity index (χ0) is 30.7. The Labute approximate surface area is 255 Å². The van der Waals surface area contributed by atoms with Gasteiger partial charge in [-0.15, -0.1) is 0 Å². The maximum absolute atomic E-state index is 13.1. The summed E-state index contributed by atoms with van der Waals surface area (Å²) in [5, 5.41) is 13.7. The number of rotatable bonds is 10. The minimum Gasteiger partial charge on any atom is -0.497 e. The number of aromatic amines is 1. The molecule has 6 rings (SSSR count). The molecule has 2 atom stereocenters. The molecule has 3 aromatic rings. The molecule has 4 N–H and O–H groups in total. The van der Waals surface area contributed by atoms with Gasteiger partial charge in [-0.3, -0.25) is 9.78 Å². The molecular formula is C33H32N4O6S. The van der Waals surface area contributed by atoms with Gasteiger partial charge in [-0.2, -0.15) is 0 Å². The molecule has 0 saturated carbocycles. The van der Waals surface area contributed by atoms with Gasteiger partial charge in [0.25, 0.3) is 15.9 Å². The maximum atomic E-state index is 13.1. The Morgan fingerprint density at radius 2 is 1.91 bits per heavy atom. The number of nitrogens with zero attached hydrogens (tertiary/aromatic N) is 1. The SMILES string of the molecule is COc1ccc(S(=O)(=O)NC(=O)c2[nH]cc(-c3ccc4c(c3)CC[C@H](CNC[C@H](O)c3cccnc3)O4)c3cccc2-3)cc1. The Morgan fingerprint density at radius 1 is 1.09 bits per heavy atom. The van der Waals surface area contributed by atoms with Crippen molar-refractivity contribution < 1.29 is 27.8 Å². The Balaban J connectivity index is 1.13. The number of benzene rings is 2. The number of ether oxygens (including phenoxy) is 2. The lowest BCUT2D eigenvalue weighted by atomic mass is 9.93. The lowest BCUT2D eigenvalue weighted by Crippen LogP contribution is -2.36. The van der Waals surface area contributed by atoms with E-state index in [1.807, 2.05) is 30.3 Å². The monoisotopic (exact) mass is 612 g/mol. The van der Waals surface area contributed by atoms with Crippen LogP contribution in [-0.4, -0.2) is 55.7 Å². The number of aliphatic hydroxyl groups excluding tert-OH is 1. The number of fused-ring (bicyclic) bond motifs is 2. The van der Waals surface area contributed by atoms with E-state index in [1.165, 1.54) is 31.4 Å². The third-order valence-corrected chi connectivity index (χ3v) is 9.09. The van der Waals surface area contributed by atoms with Crippen LogP contribution in [0.4, 0.5) is 0 Å². The van der Waals surface area contributed by atoms with Crippen molar-refractivity contribution in [2.75, 3.05) is 20.2 Å². The van der Waals surface area contributed by atoms with Crippen LogP contribution in [0.15, 0.2) is 96.3 Å². The van der Waals surface area contributed by atoms with E-state index in [9.17, 15) is 18.3 Å². The minimum absolute atomic E-state index is 0.0171. The van der Waals surface area contributed by atoms with E-state index in [1.54, 1.807) is 30.7 Å². The number of nitrogens with one attached hydrogen (secondary N) is 3. The second kappa shape index (κ2) is 12.5. The molecule has 0 unspecified atom stereocenters. The van der Waals surface area contributed by atoms with Crippen LogP contribution >= 0.6 is 0 Å². The van der Waals surface area contributed by atoms with Gasteiger partial charge in [0, 0.05) is 48.4 Å². The summed E-state index contributed by atoms with van der Waals surface area (Å²) < 4.78 is 39.2. The van der Waals surface area contributed by atoms with Crippen LogP contribution in [0.25, 0.3) is 22.3 Å². The van der Waals surface area contributed by atoms with Crippen molar-refractivity contribution in [1.29, 1.82) is 0 Å². The maximum Gasteiger partial charge on any atom is 0.282 e. The molecule has 0 spiro atoms. The molecule has 10 nitrogen and oxygen atoms in total. The molecular weight excluding hydrogens is 580 g/mol. The van der Waals surface area contributed by atoms with Crippen molar-refractivity contribution in [1.82, 2.24) is 20.0 Å². The van der Waals surface area contributed by atoms with Crippen molar-refractivity contribution >= 4 is 15.9 Å². The number of hydrogen-bond acceptors (Lipinski definition) is 8. The number of aryl methyl sites for hydroxylation is 1. The number of aromatic nitrogens is 2. The first kappa shape index (κ1) is 29.4. The number of carbonyl (C=O) groups excluding carboxylic acids is 1. The summed E-state index contributed by atoms with van der Waals surface area (Å²) in [5.74, 6) is 0.578. The number of sulfonamides is 1. The number of H-pyrrole nitrogens is 1. The van der Waals surface area contributed by atoms with Crippen molar-refractivity contribution in [2.24, 2.45) is 0 Å². The Morgan fingerprint density at radius 3 is 2.68 bits per heavy atom. The quantitative estimate of drug-likeness (QED) is 0.183. The van der Waals surface area contributed by atoms with Gasteiger partial charge in [0.05, 0.1) is 18.1 Å². The lowest BCUT2D eigenvalue weighted by molar-refractivity contribution is 0.0977. The predicted molar refractivity (Wildman–Crippen MR) is 165 cm³/mol. The number of pyridine rings is 2. The van der Waals surface area contributed by atoms with E-state index < -0.39 is 22.0 Å². The van der Waals surface area contributed by atoms with Crippen LogP contribution in [0.5, 0.6) is 11.5 Å². The minimum atomic E-state index is -4.09. The summed E-state index contributed by atoms with van der Waals surface area (Å²) in [6, 6.07) is 21.0. The van der Waals surface area contributed by atoms with Gasteiger partial charge in [0.2, 0.25) is 0 Å². The number of hydrogen-bond donors (Lipinski definition) is 4. The molecule has 1 amide bonds. The van der Waals surface area contributed by atoms with E-state index >= 15 is 0 Å². The number of amides is 1. The third kappa shape index (κ3) is 6.16. The van der Waals surface area contributed by atoms with E-state index in [2.05, 4.69) is 26.1 Å². The second-order valence-corrected chi connectivity index (χ2v) is 12.3. The molecule has 1 aliphatic carbocycles. The highest BCUT2D eigenvalue weighted by Gasteiger charge is 2.25. The molecule has 1 aromatic heterocycles. The highest BCUT2D eigenvalue weighted by molar-refractivity contribution is 7.90. The lowest BCUT2D eigenvalue weighted by Gasteiger charge is -2.27. The molecule has 226 valence electrons. The summed E-state index contributed by atoms with van der Waals surface area (Å²) >= 11 is 0. The van der Waals surface area contributed by atoms with Gasteiger partial charge in [-0.25, -0.2) is 13.1 Å². The molecule has 0 radical (unpaired) electrons. The number of aliphatic hydroxyl groups is 1. The highest BCUT2D eigenvalue weighted by Crippen LogP contribution is 2.38. The fraction of sp³-hybridized carbons (Fsp3) is 0.212. The van der Waals surface area contributed by atoms with Gasteiger partial charge >= 0.3 is 0 Å². The molecule has 11 heteroatoms. The van der Waals surface area contributed by atoms with E-state index in [0.29, 0.717) is 24.4 Å². The summed E-state index contributed by atoms with van der Waals surface area (Å²) in [6.45, 7) is 1.02. The summed E-state index contributed by atoms with van der Waals surface area (Å²) in [4.78, 5) is 20.2. The highest BCUT2D eigenvalue weighted by atomic mass is 32.2. The first-order valence-electron chi connectivity index (χ1n) is 14.2. The first-order chi connectivity index (χ1) is 21.3. The van der Waals surface area contributed by atoms with E-state index in [-0.39, 0.29) is 16.7 Å². The third-order valence-electron chi connectivity index (χ3n) is 7.74. The molecule has 0 fully saturated rings. The van der Waals surface area contributed by atoms with Crippen LogP contribution in [0, 0.1) is 0 Å². The average Bonchev–Trinajstić information content (AvgIpc) is 3.54. The van der Waals surface area contributed by atoms with Crippen LogP contribution in [0.3, 0.4) is 0 Å². The molecule has 0 saturated heterocycles. The predicted octanol–water partition coefficient (Wildman–Crippen LogP) is 4.33. The zero-order valence-corrected chi connectivity index (χ0v) is 24.8. The summed E-state index contributed by atoms with van der Waals surface area (Å²) in [7, 11) is -2.60. The van der Waals surface area contributed by atoms with Gasteiger partial charge in [-0.1, -0.05) is 30.3 Å². The van der Waals surface area contributed by atoms with Crippen molar-refractivity contribution in [3.63, 3.8) is 0 Å². The van der Waals surface area contributed by atoms with E-state index in [0.717, 1.165) is 46.4 Å². The van der Waals surface area contributed by atoms with Crippen molar-refractivity contribution in [3.8, 4) is 33.8 Å². The summed E-state index contributed by atoms with van der Waals surface area (Å²) in [6.07, 6.45) is 6.07. The number of carbonyl (C=O) groups is 1. The molecule has 44 heavy (non-hydrogen) atoms. The van der Waals surface area contributed by atoms with Gasteiger partial charge in [0.15, 0.2) is 0 Å². The van der Waals surface area contributed by atoms with Gasteiger partial charge < -0.3 is 24.9 Å². The Kier molecular flexibility index (Phi) is 8.34. The topological polar surface area (TPSA) is 143 Å². The van der Waals surface area contributed by atoms with Crippen LogP contribution in [0.2, 0.25) is 0 Å². The average molecular weight is 613 g/mol. The molecule has 3 aliphatic rings. The van der Waals surface area contributed by atoms with Crippen LogP contribution in [-0.2, 0) is 16.4 Å². The Bertz CT molecular complexity index is 1840. The largest absolute Gasteiger partial charge is 0.497 e. The fourth-order valence-corrected chi connectivity index (χ4v) is 6.37.